The average Bonchev–Trinajstić information content (AvgIpc) is 2.69. The normalized spacial score (nSPS) is 43.4. The second kappa shape index (κ2) is 9.83. The molecule has 5 nitrogen and oxygen atoms in total. The Morgan fingerprint density at radius 3 is 1.31 bits per heavy atom. The highest BCUT2D eigenvalue weighted by Gasteiger charge is 2.29. The van der Waals surface area contributed by atoms with Gasteiger partial charge in [-0.3, -0.25) is 0 Å². The summed E-state index contributed by atoms with van der Waals surface area (Å²) in [6.07, 6.45) is 15.0. The second-order valence-corrected chi connectivity index (χ2v) is 9.21. The van der Waals surface area contributed by atoms with Crippen molar-refractivity contribution in [3.63, 3.8) is 0 Å². The summed E-state index contributed by atoms with van der Waals surface area (Å²) in [7, 11) is 0. The first kappa shape index (κ1) is 19.1. The molecule has 0 spiro atoms. The minimum absolute atomic E-state index is 0.656. The molecule has 4 fully saturated rings. The molecule has 4 aliphatic rings. The highest BCUT2D eigenvalue weighted by atomic mass is 15.1. The van der Waals surface area contributed by atoms with E-state index < -0.39 is 0 Å². The Morgan fingerprint density at radius 1 is 0.423 bits per heavy atom. The molecule has 2 unspecified atom stereocenters. The van der Waals surface area contributed by atoms with Crippen molar-refractivity contribution >= 4 is 0 Å². The maximum Gasteiger partial charge on any atom is 0.0221 e. The molecule has 2 aliphatic carbocycles. The van der Waals surface area contributed by atoms with Gasteiger partial charge in [0.2, 0.25) is 0 Å². The molecule has 5 N–H and O–H groups in total. The van der Waals surface area contributed by atoms with Crippen LogP contribution in [-0.2, 0) is 0 Å². The molecular weight excluding hydrogens is 322 g/mol. The summed E-state index contributed by atoms with van der Waals surface area (Å²) < 4.78 is 0. The first-order chi connectivity index (χ1) is 12.9. The van der Waals surface area contributed by atoms with E-state index in [1.807, 2.05) is 0 Å². The molecule has 0 amide bonds. The Labute approximate surface area is 160 Å². The van der Waals surface area contributed by atoms with Crippen LogP contribution in [-0.4, -0.2) is 62.4 Å². The molecule has 0 aromatic carbocycles. The summed E-state index contributed by atoms with van der Waals surface area (Å²) >= 11 is 0. The molecule has 0 aromatic rings. The lowest BCUT2D eigenvalue weighted by Crippen LogP contribution is -2.56. The molecule has 2 saturated carbocycles. The van der Waals surface area contributed by atoms with E-state index in [0.717, 1.165) is 26.2 Å². The smallest absolute Gasteiger partial charge is 0.0221 e. The van der Waals surface area contributed by atoms with Gasteiger partial charge in [-0.2, -0.15) is 0 Å². The van der Waals surface area contributed by atoms with Crippen LogP contribution in [0, 0.1) is 0 Å². The molecule has 150 valence electrons. The van der Waals surface area contributed by atoms with Crippen molar-refractivity contribution in [2.75, 3.05) is 26.2 Å². The fourth-order valence-electron chi connectivity index (χ4n) is 5.77. The van der Waals surface area contributed by atoms with Crippen molar-refractivity contribution in [2.24, 2.45) is 0 Å². The van der Waals surface area contributed by atoms with Crippen molar-refractivity contribution in [3.05, 3.63) is 0 Å². The van der Waals surface area contributed by atoms with Crippen LogP contribution >= 0.6 is 0 Å². The zero-order valence-electron chi connectivity index (χ0n) is 16.6. The molecule has 0 aromatic heterocycles. The zero-order chi connectivity index (χ0) is 17.6. The van der Waals surface area contributed by atoms with Crippen LogP contribution in [0.1, 0.15) is 70.6 Å². The molecule has 2 heterocycles. The molecule has 2 bridgehead atoms. The number of hydrogen-bond acceptors (Lipinski definition) is 5. The third-order valence-electron chi connectivity index (χ3n) is 7.30. The molecule has 2 saturated heterocycles. The van der Waals surface area contributed by atoms with E-state index in [-0.39, 0.29) is 0 Å². The van der Waals surface area contributed by atoms with Crippen molar-refractivity contribution in [1.29, 1.82) is 0 Å². The van der Waals surface area contributed by atoms with E-state index in [4.69, 9.17) is 0 Å². The number of rotatable bonds is 0. The summed E-state index contributed by atoms with van der Waals surface area (Å²) in [5, 5.41) is 19.6. The third kappa shape index (κ3) is 5.20. The number of nitrogens with one attached hydrogen (secondary N) is 5. The van der Waals surface area contributed by atoms with Crippen LogP contribution in [0.25, 0.3) is 0 Å². The van der Waals surface area contributed by atoms with Gasteiger partial charge in [0.05, 0.1) is 0 Å². The number of piperidine rings is 1. The summed E-state index contributed by atoms with van der Waals surface area (Å²) in [5.41, 5.74) is 0. The Balaban J connectivity index is 1.40. The molecule has 6 atom stereocenters. The van der Waals surface area contributed by atoms with Gasteiger partial charge in [0.1, 0.15) is 0 Å². The largest absolute Gasteiger partial charge is 0.311 e. The Hall–Kier alpha value is -0.200. The van der Waals surface area contributed by atoms with Crippen LogP contribution in [0.5, 0.6) is 0 Å². The predicted octanol–water partition coefficient (Wildman–Crippen LogP) is 1.49. The van der Waals surface area contributed by atoms with Gasteiger partial charge in [0.25, 0.3) is 0 Å². The van der Waals surface area contributed by atoms with E-state index in [1.165, 1.54) is 70.6 Å². The minimum Gasteiger partial charge on any atom is -0.311 e. The van der Waals surface area contributed by atoms with Crippen LogP contribution in [0.2, 0.25) is 0 Å². The van der Waals surface area contributed by atoms with Gasteiger partial charge in [0, 0.05) is 62.4 Å². The van der Waals surface area contributed by atoms with Crippen molar-refractivity contribution in [3.8, 4) is 0 Å². The van der Waals surface area contributed by atoms with Crippen LogP contribution in [0.4, 0.5) is 0 Å². The number of hydrogen-bond donors (Lipinski definition) is 5. The zero-order valence-corrected chi connectivity index (χ0v) is 16.6. The lowest BCUT2D eigenvalue weighted by atomic mass is 9.89. The topological polar surface area (TPSA) is 60.1 Å². The van der Waals surface area contributed by atoms with Gasteiger partial charge in [-0.1, -0.05) is 32.1 Å². The molecule has 0 radical (unpaired) electrons. The van der Waals surface area contributed by atoms with Crippen molar-refractivity contribution < 1.29 is 0 Å². The first-order valence-corrected chi connectivity index (χ1v) is 11.6. The van der Waals surface area contributed by atoms with E-state index in [0.29, 0.717) is 36.3 Å². The minimum atomic E-state index is 0.656. The van der Waals surface area contributed by atoms with Gasteiger partial charge < -0.3 is 26.6 Å². The van der Waals surface area contributed by atoms with Crippen molar-refractivity contribution in [1.82, 2.24) is 26.6 Å². The first-order valence-electron chi connectivity index (χ1n) is 11.6. The fraction of sp³-hybridized carbons (Fsp3) is 1.00. The highest BCUT2D eigenvalue weighted by Crippen LogP contribution is 2.21. The van der Waals surface area contributed by atoms with E-state index in [1.54, 1.807) is 0 Å². The molecule has 26 heavy (non-hydrogen) atoms. The molecule has 5 heteroatoms. The van der Waals surface area contributed by atoms with Gasteiger partial charge >= 0.3 is 0 Å². The maximum absolute atomic E-state index is 3.95. The summed E-state index contributed by atoms with van der Waals surface area (Å²) in [5.74, 6) is 0. The Bertz CT molecular complexity index is 381. The molecule has 2 aliphatic heterocycles. The summed E-state index contributed by atoms with van der Waals surface area (Å²) in [6, 6.07) is 3.96. The van der Waals surface area contributed by atoms with Gasteiger partial charge in [-0.25, -0.2) is 0 Å². The van der Waals surface area contributed by atoms with Crippen molar-refractivity contribution in [2.45, 2.75) is 107 Å². The fourth-order valence-corrected chi connectivity index (χ4v) is 5.77. The predicted molar refractivity (Wildman–Crippen MR) is 109 cm³/mol. The quantitative estimate of drug-likeness (QED) is 0.451. The SMILES string of the molecule is C1CC2CN[C@@H]3CCCC[C@H]3NCCN[C@@H]3CCCC[C@H]3NCC(C1)N2. The maximum atomic E-state index is 3.95. The summed E-state index contributed by atoms with van der Waals surface area (Å²) in [4.78, 5) is 0. The lowest BCUT2D eigenvalue weighted by molar-refractivity contribution is 0.246. The highest BCUT2D eigenvalue weighted by molar-refractivity contribution is 4.92. The second-order valence-electron chi connectivity index (χ2n) is 9.21. The third-order valence-corrected chi connectivity index (χ3v) is 7.30. The van der Waals surface area contributed by atoms with E-state index >= 15 is 0 Å². The van der Waals surface area contributed by atoms with Crippen LogP contribution in [0.3, 0.4) is 0 Å². The van der Waals surface area contributed by atoms with E-state index in [9.17, 15) is 0 Å². The summed E-state index contributed by atoms with van der Waals surface area (Å²) in [6.45, 7) is 4.50. The van der Waals surface area contributed by atoms with Crippen LogP contribution < -0.4 is 26.6 Å². The van der Waals surface area contributed by atoms with Gasteiger partial charge in [0.15, 0.2) is 0 Å². The Morgan fingerprint density at radius 2 is 0.846 bits per heavy atom. The standard InChI is InChI=1S/C21H41N5/c1-3-10-20-18(8-1)22-12-13-23-19-9-2-4-11-21(19)25-15-17-7-5-6-16(26-17)14-24-20/h16-26H,1-15H2/t16?,17?,18-,19-,20-,21-/m1/s1. The van der Waals surface area contributed by atoms with Gasteiger partial charge in [-0.15, -0.1) is 0 Å². The van der Waals surface area contributed by atoms with Gasteiger partial charge in [-0.05, 0) is 38.5 Å². The molecule has 4 rings (SSSR count). The van der Waals surface area contributed by atoms with E-state index in [2.05, 4.69) is 26.6 Å². The number of fused-ring (bicyclic) bond motifs is 4. The van der Waals surface area contributed by atoms with Crippen LogP contribution in [0.15, 0.2) is 0 Å². The lowest BCUT2D eigenvalue weighted by Gasteiger charge is -2.37. The molecular formula is C21H41N5. The Kier molecular flexibility index (Phi) is 7.23. The average molecular weight is 364 g/mol. The monoisotopic (exact) mass is 363 g/mol.